The zero-order valence-electron chi connectivity index (χ0n) is 19.0. The van der Waals surface area contributed by atoms with Gasteiger partial charge in [0.05, 0.1) is 23.4 Å². The number of rotatable bonds is 4. The summed E-state index contributed by atoms with van der Waals surface area (Å²) in [4.78, 5) is 55.0. The lowest BCUT2D eigenvalue weighted by Gasteiger charge is -2.21. The highest BCUT2D eigenvalue weighted by Gasteiger charge is 2.61. The molecular weight excluding hydrogens is 432 g/mol. The zero-order valence-corrected chi connectivity index (χ0v) is 19.0. The van der Waals surface area contributed by atoms with Crippen molar-refractivity contribution in [3.63, 3.8) is 0 Å². The van der Waals surface area contributed by atoms with Gasteiger partial charge in [-0.25, -0.2) is 4.90 Å². The van der Waals surface area contributed by atoms with Gasteiger partial charge in [0.25, 0.3) is 0 Å². The summed E-state index contributed by atoms with van der Waals surface area (Å²) in [6.07, 6.45) is 3.03. The van der Waals surface area contributed by atoms with Crippen molar-refractivity contribution in [2.45, 2.75) is 32.6 Å². The maximum atomic E-state index is 13.3. The largest absolute Gasteiger partial charge is 0.424 e. The predicted molar refractivity (Wildman–Crippen MR) is 124 cm³/mol. The molecule has 2 saturated carbocycles. The fraction of sp³-hybridized carbons (Fsp3) is 0.407. The van der Waals surface area contributed by atoms with Crippen molar-refractivity contribution < 1.29 is 23.9 Å². The molecule has 3 amide bonds. The number of carbonyl (C=O) groups is 4. The first kappa shape index (κ1) is 21.1. The van der Waals surface area contributed by atoms with Gasteiger partial charge in [-0.15, -0.1) is 0 Å². The lowest BCUT2D eigenvalue weighted by molar-refractivity contribution is -0.139. The standard InChI is InChI=1S/C27H26N2O5/c1-15-5-4-6-19(11-15)28-14-18(13-22(28)30)27(33)34-21-8-3-2-7-20(21)29-25(31)23-16-9-10-17(12-16)24(23)26(29)32/h2-8,11,16-18,23-24H,9-10,12-14H2,1H3/t16-,17-,18-,23-,24+/m0/s1. The highest BCUT2D eigenvalue weighted by atomic mass is 16.5. The van der Waals surface area contributed by atoms with E-state index in [1.807, 2.05) is 31.2 Å². The van der Waals surface area contributed by atoms with E-state index < -0.39 is 11.9 Å². The Bertz CT molecular complexity index is 1200. The summed E-state index contributed by atoms with van der Waals surface area (Å²) in [6.45, 7) is 2.19. The normalized spacial score (nSPS) is 29.8. The van der Waals surface area contributed by atoms with Crippen LogP contribution in [0.4, 0.5) is 11.4 Å². The molecule has 6 rings (SSSR count). The summed E-state index contributed by atoms with van der Waals surface area (Å²) in [6, 6.07) is 14.3. The second kappa shape index (κ2) is 7.79. The zero-order chi connectivity index (χ0) is 23.6. The van der Waals surface area contributed by atoms with E-state index in [1.54, 1.807) is 29.2 Å². The fourth-order valence-electron chi connectivity index (χ4n) is 6.48. The van der Waals surface area contributed by atoms with Gasteiger partial charge in [0.1, 0.15) is 0 Å². The van der Waals surface area contributed by atoms with Crippen molar-refractivity contribution >= 4 is 35.1 Å². The van der Waals surface area contributed by atoms with E-state index in [9.17, 15) is 19.2 Å². The molecule has 7 heteroatoms. The molecule has 0 N–H and O–H groups in total. The molecular formula is C27H26N2O5. The molecule has 0 radical (unpaired) electrons. The number of carbonyl (C=O) groups excluding carboxylic acids is 4. The van der Waals surface area contributed by atoms with Crippen LogP contribution in [-0.4, -0.2) is 30.2 Å². The van der Waals surface area contributed by atoms with Crippen LogP contribution in [0.5, 0.6) is 5.75 Å². The lowest BCUT2D eigenvalue weighted by Crippen LogP contribution is -2.33. The molecule has 0 unspecified atom stereocenters. The van der Waals surface area contributed by atoms with Crippen LogP contribution in [0.15, 0.2) is 48.5 Å². The average Bonchev–Trinajstić information content (AvgIpc) is 3.58. The van der Waals surface area contributed by atoms with Crippen molar-refractivity contribution in [1.29, 1.82) is 0 Å². The minimum atomic E-state index is -0.624. The van der Waals surface area contributed by atoms with Crippen LogP contribution < -0.4 is 14.5 Å². The molecule has 2 saturated heterocycles. The number of amides is 3. The Hall–Kier alpha value is -3.48. The number of hydrogen-bond acceptors (Lipinski definition) is 5. The maximum absolute atomic E-state index is 13.3. The number of ether oxygens (including phenoxy) is 1. The second-order valence-corrected chi connectivity index (χ2v) is 10.0. The van der Waals surface area contributed by atoms with E-state index in [1.165, 1.54) is 4.90 Å². The quantitative estimate of drug-likeness (QED) is 0.398. The van der Waals surface area contributed by atoms with Crippen LogP contribution in [-0.2, 0) is 19.2 Å². The Morgan fingerprint density at radius 3 is 2.35 bits per heavy atom. The van der Waals surface area contributed by atoms with Gasteiger partial charge in [-0.2, -0.15) is 0 Å². The molecule has 4 aliphatic rings. The summed E-state index contributed by atoms with van der Waals surface area (Å²) in [5, 5.41) is 0. The van der Waals surface area contributed by atoms with Crippen molar-refractivity contribution in [3.8, 4) is 5.75 Å². The molecule has 2 aliphatic heterocycles. The molecule has 2 heterocycles. The van der Waals surface area contributed by atoms with Crippen LogP contribution in [0.25, 0.3) is 0 Å². The minimum absolute atomic E-state index is 0.0595. The van der Waals surface area contributed by atoms with Crippen LogP contribution in [0.3, 0.4) is 0 Å². The number of hydrogen-bond donors (Lipinski definition) is 0. The van der Waals surface area contributed by atoms with Crippen LogP contribution >= 0.6 is 0 Å². The third-order valence-corrected chi connectivity index (χ3v) is 8.02. The predicted octanol–water partition coefficient (Wildman–Crippen LogP) is 3.49. The summed E-state index contributed by atoms with van der Waals surface area (Å²) < 4.78 is 5.72. The molecule has 0 spiro atoms. The van der Waals surface area contributed by atoms with Crippen LogP contribution in [0, 0.1) is 36.5 Å². The monoisotopic (exact) mass is 458 g/mol. The molecule has 174 valence electrons. The van der Waals surface area contributed by atoms with E-state index in [0.717, 1.165) is 30.5 Å². The Morgan fingerprint density at radius 1 is 0.941 bits per heavy atom. The van der Waals surface area contributed by atoms with Crippen molar-refractivity contribution in [3.05, 3.63) is 54.1 Å². The first-order valence-electron chi connectivity index (χ1n) is 12.0. The van der Waals surface area contributed by atoms with Crippen LogP contribution in [0.2, 0.25) is 0 Å². The van der Waals surface area contributed by atoms with Gasteiger partial charge in [0, 0.05) is 18.7 Å². The number of esters is 1. The first-order chi connectivity index (χ1) is 16.4. The Labute approximate surface area is 197 Å². The molecule has 7 nitrogen and oxygen atoms in total. The van der Waals surface area contributed by atoms with E-state index in [2.05, 4.69) is 0 Å². The van der Waals surface area contributed by atoms with Crippen molar-refractivity contribution in [1.82, 2.24) is 0 Å². The Kier molecular flexibility index (Phi) is 4.83. The smallest absolute Gasteiger partial charge is 0.316 e. The van der Waals surface area contributed by atoms with Crippen molar-refractivity contribution in [2.24, 2.45) is 29.6 Å². The molecule has 5 atom stereocenters. The number of fused-ring (bicyclic) bond motifs is 5. The summed E-state index contributed by atoms with van der Waals surface area (Å²) >= 11 is 0. The van der Waals surface area contributed by atoms with Gasteiger partial charge in [0.15, 0.2) is 5.75 Å². The average molecular weight is 459 g/mol. The lowest BCUT2D eigenvalue weighted by atomic mass is 9.81. The third kappa shape index (κ3) is 3.17. The summed E-state index contributed by atoms with van der Waals surface area (Å²) in [5.74, 6) is -1.38. The highest BCUT2D eigenvalue weighted by Crippen LogP contribution is 2.57. The Morgan fingerprint density at radius 2 is 1.65 bits per heavy atom. The topological polar surface area (TPSA) is 84.0 Å². The molecule has 34 heavy (non-hydrogen) atoms. The van der Waals surface area contributed by atoms with E-state index in [-0.39, 0.29) is 60.1 Å². The summed E-state index contributed by atoms with van der Waals surface area (Å²) in [5.41, 5.74) is 2.11. The van der Waals surface area contributed by atoms with E-state index in [4.69, 9.17) is 4.74 Å². The van der Waals surface area contributed by atoms with Gasteiger partial charge >= 0.3 is 5.97 Å². The van der Waals surface area contributed by atoms with E-state index >= 15 is 0 Å². The molecule has 0 aromatic heterocycles. The van der Waals surface area contributed by atoms with Crippen molar-refractivity contribution in [2.75, 3.05) is 16.3 Å². The van der Waals surface area contributed by atoms with Gasteiger partial charge in [0.2, 0.25) is 17.7 Å². The SMILES string of the molecule is Cc1cccc(N2C[C@@H](C(=O)Oc3ccccc3N3C(=O)[C@@H]4[C@H]5CC[C@@H](C5)[C@@H]4C3=O)CC2=O)c1. The highest BCUT2D eigenvalue weighted by molar-refractivity contribution is 6.23. The fourth-order valence-corrected chi connectivity index (χ4v) is 6.48. The number of imide groups is 1. The molecule has 2 bridgehead atoms. The Balaban J connectivity index is 1.22. The minimum Gasteiger partial charge on any atom is -0.424 e. The number of benzene rings is 2. The van der Waals surface area contributed by atoms with Gasteiger partial charge in [-0.3, -0.25) is 19.2 Å². The second-order valence-electron chi connectivity index (χ2n) is 10.0. The molecule has 2 aromatic rings. The maximum Gasteiger partial charge on any atom is 0.316 e. The number of aryl methyl sites for hydroxylation is 1. The molecule has 4 fully saturated rings. The van der Waals surface area contributed by atoms with Gasteiger partial charge in [-0.05, 0) is 67.9 Å². The van der Waals surface area contributed by atoms with Gasteiger partial charge in [-0.1, -0.05) is 24.3 Å². The molecule has 2 aromatic carbocycles. The van der Waals surface area contributed by atoms with E-state index in [0.29, 0.717) is 5.69 Å². The third-order valence-electron chi connectivity index (χ3n) is 8.02. The van der Waals surface area contributed by atoms with Crippen LogP contribution in [0.1, 0.15) is 31.2 Å². The van der Waals surface area contributed by atoms with Gasteiger partial charge < -0.3 is 9.64 Å². The number of nitrogens with zero attached hydrogens (tertiary/aromatic N) is 2. The first-order valence-corrected chi connectivity index (χ1v) is 12.0. The number of para-hydroxylation sites is 2. The summed E-state index contributed by atoms with van der Waals surface area (Å²) in [7, 11) is 0. The number of anilines is 2. The molecule has 2 aliphatic carbocycles.